The highest BCUT2D eigenvalue weighted by Gasteiger charge is 2.16. The molecule has 1 N–H and O–H groups in total. The lowest BCUT2D eigenvalue weighted by Gasteiger charge is -2.19. The number of likely N-dealkylation sites (N-methyl/N-ethyl adjacent to an activating group) is 2. The predicted octanol–water partition coefficient (Wildman–Crippen LogP) is 0.723. The summed E-state index contributed by atoms with van der Waals surface area (Å²) in [7, 11) is 4.94. The van der Waals surface area contributed by atoms with Crippen LogP contribution in [0.15, 0.2) is 24.4 Å². The second-order valence-electron chi connectivity index (χ2n) is 4.62. The first-order valence-electron chi connectivity index (χ1n) is 5.88. The van der Waals surface area contributed by atoms with Gasteiger partial charge in [-0.15, -0.1) is 0 Å². The van der Waals surface area contributed by atoms with Gasteiger partial charge in [0.2, 0.25) is 5.91 Å². The number of carbonyl (C=O) groups excluding carboxylic acids is 2. The number of benzene rings is 1. The minimum atomic E-state index is -0.188. The van der Waals surface area contributed by atoms with Crippen LogP contribution in [0.25, 0.3) is 10.9 Å². The molecular weight excluding hydrogens is 244 g/mol. The van der Waals surface area contributed by atoms with E-state index in [0.717, 1.165) is 10.9 Å². The highest BCUT2D eigenvalue weighted by atomic mass is 16.2. The van der Waals surface area contributed by atoms with Gasteiger partial charge in [-0.3, -0.25) is 14.7 Å². The molecule has 1 aromatic heterocycles. The van der Waals surface area contributed by atoms with Crippen molar-refractivity contribution < 1.29 is 9.59 Å². The van der Waals surface area contributed by atoms with Crippen molar-refractivity contribution in [3.05, 3.63) is 30.0 Å². The van der Waals surface area contributed by atoms with Gasteiger partial charge in [0, 0.05) is 32.1 Å². The van der Waals surface area contributed by atoms with Crippen molar-refractivity contribution in [2.24, 2.45) is 0 Å². The predicted molar refractivity (Wildman–Crippen MR) is 71.7 cm³/mol. The third-order valence-electron chi connectivity index (χ3n) is 2.91. The summed E-state index contributed by atoms with van der Waals surface area (Å²) in [5.41, 5.74) is 1.34. The summed E-state index contributed by atoms with van der Waals surface area (Å²) in [6, 6.07) is 5.30. The minimum Gasteiger partial charge on any atom is -0.347 e. The van der Waals surface area contributed by atoms with Gasteiger partial charge in [0.05, 0.1) is 18.3 Å². The number of carbonyl (C=O) groups is 2. The average Bonchev–Trinajstić information content (AvgIpc) is 2.84. The average molecular weight is 260 g/mol. The molecule has 1 heterocycles. The van der Waals surface area contributed by atoms with Gasteiger partial charge in [0.25, 0.3) is 5.91 Å². The standard InChI is InChI=1S/C13H16N4O2/c1-16(2)12(18)8-17(3)13(19)9-4-5-10-7-14-15-11(10)6-9/h4-7H,8H2,1-3H3,(H,14,15). The molecular formula is C13H16N4O2. The number of rotatable bonds is 3. The number of hydrogen-bond donors (Lipinski definition) is 1. The van der Waals surface area contributed by atoms with Crippen LogP contribution < -0.4 is 0 Å². The Labute approximate surface area is 111 Å². The van der Waals surface area contributed by atoms with Crippen molar-refractivity contribution in [3.63, 3.8) is 0 Å². The maximum absolute atomic E-state index is 12.2. The molecule has 0 saturated heterocycles. The molecule has 0 aliphatic carbocycles. The molecule has 0 bridgehead atoms. The lowest BCUT2D eigenvalue weighted by molar-refractivity contribution is -0.129. The molecule has 0 aliphatic rings. The maximum Gasteiger partial charge on any atom is 0.254 e. The molecule has 0 spiro atoms. The number of hydrogen-bond acceptors (Lipinski definition) is 3. The fourth-order valence-corrected chi connectivity index (χ4v) is 1.71. The normalized spacial score (nSPS) is 10.5. The van der Waals surface area contributed by atoms with E-state index in [1.54, 1.807) is 39.5 Å². The third kappa shape index (κ3) is 2.73. The van der Waals surface area contributed by atoms with Gasteiger partial charge in [0.15, 0.2) is 0 Å². The molecule has 0 saturated carbocycles. The van der Waals surface area contributed by atoms with Crippen LogP contribution in [0.2, 0.25) is 0 Å². The lowest BCUT2D eigenvalue weighted by Crippen LogP contribution is -2.37. The van der Waals surface area contributed by atoms with Crippen molar-refractivity contribution in [3.8, 4) is 0 Å². The fourth-order valence-electron chi connectivity index (χ4n) is 1.71. The van der Waals surface area contributed by atoms with Gasteiger partial charge in [0.1, 0.15) is 0 Å². The van der Waals surface area contributed by atoms with Gasteiger partial charge in [-0.1, -0.05) is 6.07 Å². The maximum atomic E-state index is 12.2. The molecule has 2 aromatic rings. The monoisotopic (exact) mass is 260 g/mol. The molecule has 0 radical (unpaired) electrons. The molecule has 0 aliphatic heterocycles. The van der Waals surface area contributed by atoms with Crippen molar-refractivity contribution in [2.45, 2.75) is 0 Å². The summed E-state index contributed by atoms with van der Waals surface area (Å²) in [5.74, 6) is -0.301. The molecule has 6 heteroatoms. The first-order chi connectivity index (χ1) is 8.99. The molecule has 6 nitrogen and oxygen atoms in total. The fraction of sp³-hybridized carbons (Fsp3) is 0.308. The topological polar surface area (TPSA) is 69.3 Å². The van der Waals surface area contributed by atoms with Crippen molar-refractivity contribution in [1.29, 1.82) is 0 Å². The van der Waals surface area contributed by atoms with E-state index in [1.807, 2.05) is 6.07 Å². The van der Waals surface area contributed by atoms with Gasteiger partial charge in [-0.25, -0.2) is 0 Å². The third-order valence-corrected chi connectivity index (χ3v) is 2.91. The summed E-state index contributed by atoms with van der Waals surface area (Å²) in [6.45, 7) is 0.0623. The first-order valence-corrected chi connectivity index (χ1v) is 5.88. The Hall–Kier alpha value is -2.37. The van der Waals surface area contributed by atoms with E-state index < -0.39 is 0 Å². The van der Waals surface area contributed by atoms with Crippen molar-refractivity contribution in [1.82, 2.24) is 20.0 Å². The molecule has 19 heavy (non-hydrogen) atoms. The number of aromatic nitrogens is 2. The molecule has 0 fully saturated rings. The quantitative estimate of drug-likeness (QED) is 0.884. The van der Waals surface area contributed by atoms with Gasteiger partial charge in [-0.05, 0) is 12.1 Å². The largest absolute Gasteiger partial charge is 0.347 e. The van der Waals surface area contributed by atoms with Crippen LogP contribution in [0.3, 0.4) is 0 Å². The van der Waals surface area contributed by atoms with Crippen molar-refractivity contribution in [2.75, 3.05) is 27.7 Å². The van der Waals surface area contributed by atoms with E-state index >= 15 is 0 Å². The Morgan fingerprint density at radius 1 is 1.26 bits per heavy atom. The number of nitrogens with zero attached hydrogens (tertiary/aromatic N) is 3. The SMILES string of the molecule is CN(C)C(=O)CN(C)C(=O)c1ccc2cn[nH]c2c1. The Morgan fingerprint density at radius 3 is 2.68 bits per heavy atom. The minimum absolute atomic E-state index is 0.0623. The smallest absolute Gasteiger partial charge is 0.254 e. The summed E-state index contributed by atoms with van der Waals surface area (Å²) in [4.78, 5) is 26.6. The Balaban J connectivity index is 2.16. The van der Waals surface area contributed by atoms with Crippen LogP contribution >= 0.6 is 0 Å². The van der Waals surface area contributed by atoms with Crippen LogP contribution in [0.4, 0.5) is 0 Å². The molecule has 1 aromatic carbocycles. The Kier molecular flexibility index (Phi) is 3.50. The first kappa shape index (κ1) is 13.1. The van der Waals surface area contributed by atoms with E-state index in [9.17, 15) is 9.59 Å². The zero-order valence-corrected chi connectivity index (χ0v) is 11.2. The molecule has 2 amide bonds. The van der Waals surface area contributed by atoms with Crippen LogP contribution in [-0.4, -0.2) is 59.5 Å². The molecule has 100 valence electrons. The number of nitrogens with one attached hydrogen (secondary N) is 1. The summed E-state index contributed by atoms with van der Waals surface area (Å²) in [5, 5.41) is 7.67. The summed E-state index contributed by atoms with van der Waals surface area (Å²) < 4.78 is 0. The zero-order valence-electron chi connectivity index (χ0n) is 11.2. The van der Waals surface area contributed by atoms with E-state index in [4.69, 9.17) is 0 Å². The number of amides is 2. The van der Waals surface area contributed by atoms with Gasteiger partial charge in [-0.2, -0.15) is 5.10 Å². The highest BCUT2D eigenvalue weighted by molar-refractivity contribution is 5.99. The highest BCUT2D eigenvalue weighted by Crippen LogP contribution is 2.14. The lowest BCUT2D eigenvalue weighted by atomic mass is 10.1. The zero-order chi connectivity index (χ0) is 14.0. The summed E-state index contributed by atoms with van der Waals surface area (Å²) in [6.07, 6.45) is 1.70. The second kappa shape index (κ2) is 5.09. The Morgan fingerprint density at radius 2 is 2.00 bits per heavy atom. The van der Waals surface area contributed by atoms with E-state index in [2.05, 4.69) is 10.2 Å². The molecule has 2 rings (SSSR count). The van der Waals surface area contributed by atoms with Crippen LogP contribution in [0.5, 0.6) is 0 Å². The number of fused-ring (bicyclic) bond motifs is 1. The molecule has 0 atom stereocenters. The summed E-state index contributed by atoms with van der Waals surface area (Å²) >= 11 is 0. The molecule has 0 unspecified atom stereocenters. The van der Waals surface area contributed by atoms with Crippen LogP contribution in [0, 0.1) is 0 Å². The van der Waals surface area contributed by atoms with Crippen molar-refractivity contribution >= 4 is 22.7 Å². The van der Waals surface area contributed by atoms with Gasteiger partial charge < -0.3 is 9.80 Å². The second-order valence-corrected chi connectivity index (χ2v) is 4.62. The van der Waals surface area contributed by atoms with E-state index in [0.29, 0.717) is 5.56 Å². The van der Waals surface area contributed by atoms with E-state index in [1.165, 1.54) is 9.80 Å². The van der Waals surface area contributed by atoms with Gasteiger partial charge >= 0.3 is 0 Å². The van der Waals surface area contributed by atoms with Crippen LogP contribution in [0.1, 0.15) is 10.4 Å². The number of H-pyrrole nitrogens is 1. The van der Waals surface area contributed by atoms with Crippen LogP contribution in [-0.2, 0) is 4.79 Å². The Bertz CT molecular complexity index is 618. The number of aromatic amines is 1. The van der Waals surface area contributed by atoms with E-state index in [-0.39, 0.29) is 18.4 Å².